The molecular formula is C24H27N7O3. The van der Waals surface area contributed by atoms with Gasteiger partial charge < -0.3 is 25.1 Å². The minimum Gasteiger partial charge on any atom is -0.408 e. The first-order valence-corrected chi connectivity index (χ1v) is 11.0. The second-order valence-electron chi connectivity index (χ2n) is 8.39. The third kappa shape index (κ3) is 4.09. The monoisotopic (exact) mass is 461 g/mol. The summed E-state index contributed by atoms with van der Waals surface area (Å²) in [6, 6.07) is 13.5. The molecule has 10 nitrogen and oxygen atoms in total. The molecule has 0 spiro atoms. The molecule has 4 aromatic rings. The minimum absolute atomic E-state index is 0.0138. The number of oxazole rings is 1. The number of ether oxygens (including phenoxy) is 1. The second kappa shape index (κ2) is 8.81. The number of hydrogen-bond acceptors (Lipinski definition) is 9. The molecule has 0 aliphatic carbocycles. The smallest absolute Gasteiger partial charge is 0.408 e. The Morgan fingerprint density at radius 1 is 1.21 bits per heavy atom. The van der Waals surface area contributed by atoms with Gasteiger partial charge in [-0.3, -0.25) is 9.88 Å². The van der Waals surface area contributed by atoms with Crippen LogP contribution in [0.4, 0.5) is 23.1 Å². The zero-order valence-corrected chi connectivity index (χ0v) is 19.3. The number of para-hydroxylation sites is 1. The Kier molecular flexibility index (Phi) is 5.68. The molecule has 0 bridgehead atoms. The van der Waals surface area contributed by atoms with Crippen molar-refractivity contribution in [1.29, 1.82) is 0 Å². The molecule has 1 aliphatic heterocycles. The number of benzene rings is 2. The number of anilines is 4. The Morgan fingerprint density at radius 3 is 2.85 bits per heavy atom. The van der Waals surface area contributed by atoms with Gasteiger partial charge in [0.1, 0.15) is 12.0 Å². The number of nitrogens with zero attached hydrogens (tertiary/aromatic N) is 4. The summed E-state index contributed by atoms with van der Waals surface area (Å²) in [5.41, 5.74) is 11.6. The summed E-state index contributed by atoms with van der Waals surface area (Å²) in [7, 11) is 3.81. The molecule has 34 heavy (non-hydrogen) atoms. The number of aromatic amines is 1. The number of aromatic nitrogens is 3. The molecule has 3 heterocycles. The summed E-state index contributed by atoms with van der Waals surface area (Å²) in [4.78, 5) is 27.7. The molecule has 1 unspecified atom stereocenters. The number of nitrogens with two attached hydrogens (primary N) is 1. The highest BCUT2D eigenvalue weighted by Crippen LogP contribution is 2.35. The number of nitrogens with one attached hydrogen (secondary N) is 2. The zero-order chi connectivity index (χ0) is 23.8. The van der Waals surface area contributed by atoms with Gasteiger partial charge in [0.15, 0.2) is 5.58 Å². The molecule has 2 aromatic carbocycles. The first-order chi connectivity index (χ1) is 16.4. The summed E-state index contributed by atoms with van der Waals surface area (Å²) < 4.78 is 10.7. The van der Waals surface area contributed by atoms with Crippen LogP contribution in [0.1, 0.15) is 5.56 Å². The largest absolute Gasteiger partial charge is 0.417 e. The van der Waals surface area contributed by atoms with Crippen LogP contribution in [0, 0.1) is 6.92 Å². The van der Waals surface area contributed by atoms with E-state index in [1.165, 1.54) is 0 Å². The third-order valence-electron chi connectivity index (χ3n) is 6.21. The van der Waals surface area contributed by atoms with Crippen molar-refractivity contribution in [2.45, 2.75) is 13.2 Å². The predicted octanol–water partition coefficient (Wildman–Crippen LogP) is 2.94. The zero-order valence-electron chi connectivity index (χ0n) is 19.3. The summed E-state index contributed by atoms with van der Waals surface area (Å²) >= 11 is 0. The van der Waals surface area contributed by atoms with Gasteiger partial charge >= 0.3 is 5.76 Å². The van der Waals surface area contributed by atoms with E-state index >= 15 is 0 Å². The van der Waals surface area contributed by atoms with Crippen molar-refractivity contribution in [3.05, 3.63) is 58.6 Å². The molecular weight excluding hydrogens is 434 g/mol. The number of hydrogen-bond donors (Lipinski definition) is 3. The summed E-state index contributed by atoms with van der Waals surface area (Å²) in [6.45, 7) is 4.48. The molecule has 0 amide bonds. The van der Waals surface area contributed by atoms with E-state index in [4.69, 9.17) is 14.9 Å². The summed E-state index contributed by atoms with van der Waals surface area (Å²) in [5, 5.41) is 3.31. The first kappa shape index (κ1) is 21.9. The van der Waals surface area contributed by atoms with Gasteiger partial charge in [0.05, 0.1) is 17.8 Å². The lowest BCUT2D eigenvalue weighted by Gasteiger charge is -2.40. The fraction of sp³-hybridized carbons (Fsp3) is 0.292. The van der Waals surface area contributed by atoms with Gasteiger partial charge in [-0.2, -0.15) is 4.98 Å². The maximum Gasteiger partial charge on any atom is 0.417 e. The predicted molar refractivity (Wildman–Crippen MR) is 132 cm³/mol. The van der Waals surface area contributed by atoms with Crippen LogP contribution in [0.15, 0.2) is 51.7 Å². The van der Waals surface area contributed by atoms with Crippen LogP contribution >= 0.6 is 0 Å². The van der Waals surface area contributed by atoms with Crippen molar-refractivity contribution in [1.82, 2.24) is 19.9 Å². The highest BCUT2D eigenvalue weighted by atomic mass is 16.5. The average molecular weight is 462 g/mol. The van der Waals surface area contributed by atoms with Gasteiger partial charge in [0.2, 0.25) is 5.95 Å². The number of H-pyrrole nitrogens is 1. The third-order valence-corrected chi connectivity index (χ3v) is 6.21. The van der Waals surface area contributed by atoms with E-state index in [-0.39, 0.29) is 12.2 Å². The van der Waals surface area contributed by atoms with Crippen LogP contribution in [0.2, 0.25) is 0 Å². The van der Waals surface area contributed by atoms with Crippen molar-refractivity contribution in [2.24, 2.45) is 0 Å². The molecule has 4 N–H and O–H groups in total. The highest BCUT2D eigenvalue weighted by Gasteiger charge is 2.26. The molecule has 0 radical (unpaired) electrons. The molecule has 5 rings (SSSR count). The van der Waals surface area contributed by atoms with Gasteiger partial charge in [-0.15, -0.1) is 0 Å². The van der Waals surface area contributed by atoms with Crippen molar-refractivity contribution < 1.29 is 9.15 Å². The molecule has 176 valence electrons. The lowest BCUT2D eigenvalue weighted by Crippen LogP contribution is -2.52. The van der Waals surface area contributed by atoms with Crippen LogP contribution in [-0.4, -0.2) is 59.9 Å². The number of fused-ring (bicyclic) bond motifs is 1. The molecule has 1 aliphatic rings. The van der Waals surface area contributed by atoms with Crippen LogP contribution in [-0.2, 0) is 4.74 Å². The van der Waals surface area contributed by atoms with Gasteiger partial charge in [0, 0.05) is 42.7 Å². The molecule has 2 aromatic heterocycles. The van der Waals surface area contributed by atoms with Crippen LogP contribution < -0.4 is 21.7 Å². The SMILES string of the molecule is COC1CN(c2ccccc2-c2nc(N)nc(Nc3ccc4oc(=O)[nH]c4c3)c2C)CCN1C. The molecule has 1 saturated heterocycles. The standard InChI is InChI=1S/C24H27N7O3/c1-14-21(16-6-4-5-7-18(16)31-11-10-30(2)20(13-31)33-3)28-23(25)29-22(14)26-15-8-9-19-17(12-15)27-24(32)34-19/h4-9,12,20H,10-11,13H2,1-3H3,(H,27,32)(H3,25,26,28,29). The molecule has 10 heteroatoms. The van der Waals surface area contributed by atoms with Gasteiger partial charge in [-0.05, 0) is 38.2 Å². The van der Waals surface area contributed by atoms with Crippen LogP contribution in [0.5, 0.6) is 0 Å². The topological polar surface area (TPSA) is 126 Å². The van der Waals surface area contributed by atoms with Crippen molar-refractivity contribution in [2.75, 3.05) is 49.7 Å². The van der Waals surface area contributed by atoms with Crippen molar-refractivity contribution in [3.8, 4) is 11.3 Å². The number of methoxy groups -OCH3 is 1. The number of likely N-dealkylation sites (N-methyl/N-ethyl adjacent to an activating group) is 1. The van der Waals surface area contributed by atoms with Crippen molar-refractivity contribution >= 4 is 34.2 Å². The number of piperazine rings is 1. The fourth-order valence-corrected chi connectivity index (χ4v) is 4.35. The average Bonchev–Trinajstić information content (AvgIpc) is 3.21. The van der Waals surface area contributed by atoms with E-state index in [9.17, 15) is 4.79 Å². The maximum atomic E-state index is 11.5. The Morgan fingerprint density at radius 2 is 2.03 bits per heavy atom. The van der Waals surface area contributed by atoms with Gasteiger partial charge in [0.25, 0.3) is 0 Å². The first-order valence-electron chi connectivity index (χ1n) is 11.0. The molecule has 1 atom stereocenters. The second-order valence-corrected chi connectivity index (χ2v) is 8.39. The highest BCUT2D eigenvalue weighted by molar-refractivity contribution is 5.83. The summed E-state index contributed by atoms with van der Waals surface area (Å²) in [6.07, 6.45) is 0.0138. The molecule has 0 saturated carbocycles. The quantitative estimate of drug-likeness (QED) is 0.411. The fourth-order valence-electron chi connectivity index (χ4n) is 4.35. The van der Waals surface area contributed by atoms with E-state index in [1.807, 2.05) is 25.1 Å². The Balaban J connectivity index is 1.52. The Bertz CT molecular complexity index is 1400. The maximum absolute atomic E-state index is 11.5. The Hall–Kier alpha value is -3.89. The Labute approximate surface area is 196 Å². The van der Waals surface area contributed by atoms with Crippen molar-refractivity contribution in [3.63, 3.8) is 0 Å². The van der Waals surface area contributed by atoms with Crippen LogP contribution in [0.25, 0.3) is 22.4 Å². The normalized spacial score (nSPS) is 16.8. The van der Waals surface area contributed by atoms with Gasteiger partial charge in [-0.25, -0.2) is 9.78 Å². The summed E-state index contributed by atoms with van der Waals surface area (Å²) in [5.74, 6) is 0.271. The van der Waals surface area contributed by atoms with E-state index in [1.54, 1.807) is 19.2 Å². The lowest BCUT2D eigenvalue weighted by molar-refractivity contribution is -0.0224. The number of rotatable bonds is 5. The minimum atomic E-state index is -0.492. The van der Waals surface area contributed by atoms with Crippen LogP contribution in [0.3, 0.4) is 0 Å². The lowest BCUT2D eigenvalue weighted by atomic mass is 10.0. The van der Waals surface area contributed by atoms with E-state index in [2.05, 4.69) is 49.2 Å². The molecule has 1 fully saturated rings. The number of nitrogen functional groups attached to an aromatic ring is 1. The van der Waals surface area contributed by atoms with E-state index < -0.39 is 5.76 Å². The van der Waals surface area contributed by atoms with Gasteiger partial charge in [-0.1, -0.05) is 18.2 Å². The van der Waals surface area contributed by atoms with E-state index in [0.717, 1.165) is 47.8 Å². The van der Waals surface area contributed by atoms with E-state index in [0.29, 0.717) is 16.9 Å².